The number of benzene rings is 3. The molecule has 1 aliphatic heterocycles. The number of nitro benzene ring substituents is 1. The molecule has 1 aliphatic rings. The highest BCUT2D eigenvalue weighted by Crippen LogP contribution is 2.33. The van der Waals surface area contributed by atoms with Crippen LogP contribution in [0.1, 0.15) is 22.3 Å². The molecule has 8 heteroatoms. The van der Waals surface area contributed by atoms with Gasteiger partial charge in [0.2, 0.25) is 0 Å². The van der Waals surface area contributed by atoms with Gasteiger partial charge in [0.05, 0.1) is 16.4 Å². The SMILES string of the molecule is Cc1ccc(CN2C(=O)S/C(=C\c3cccc(OCc4ccc([N+](=O)[O-])cc4)c3)C2=O)cc1. The van der Waals surface area contributed by atoms with Gasteiger partial charge in [0.25, 0.3) is 16.8 Å². The molecule has 2 amide bonds. The molecule has 1 fully saturated rings. The molecule has 1 heterocycles. The Labute approximate surface area is 194 Å². The third-order valence-electron chi connectivity index (χ3n) is 5.04. The molecule has 4 rings (SSSR count). The summed E-state index contributed by atoms with van der Waals surface area (Å²) >= 11 is 0.921. The van der Waals surface area contributed by atoms with Crippen LogP contribution in [0.4, 0.5) is 10.5 Å². The first-order chi connectivity index (χ1) is 15.9. The van der Waals surface area contributed by atoms with Gasteiger partial charge in [0.1, 0.15) is 12.4 Å². The van der Waals surface area contributed by atoms with Crippen LogP contribution < -0.4 is 4.74 Å². The fourth-order valence-corrected chi connectivity index (χ4v) is 4.08. The zero-order valence-electron chi connectivity index (χ0n) is 17.8. The molecule has 0 radical (unpaired) electrons. The molecule has 0 spiro atoms. The Hall–Kier alpha value is -3.91. The van der Waals surface area contributed by atoms with E-state index >= 15 is 0 Å². The lowest BCUT2D eigenvalue weighted by atomic mass is 10.1. The second-order valence-electron chi connectivity index (χ2n) is 7.54. The maximum absolute atomic E-state index is 12.8. The van der Waals surface area contributed by atoms with Gasteiger partial charge in [-0.3, -0.25) is 24.6 Å². The smallest absolute Gasteiger partial charge is 0.293 e. The van der Waals surface area contributed by atoms with Crippen molar-refractivity contribution in [2.24, 2.45) is 0 Å². The van der Waals surface area contributed by atoms with Crippen molar-refractivity contribution in [2.75, 3.05) is 0 Å². The van der Waals surface area contributed by atoms with Crippen LogP contribution in [0.3, 0.4) is 0 Å². The van der Waals surface area contributed by atoms with Gasteiger partial charge in [-0.2, -0.15) is 0 Å². The van der Waals surface area contributed by atoms with Crippen LogP contribution in [0.5, 0.6) is 5.75 Å². The Balaban J connectivity index is 1.43. The van der Waals surface area contributed by atoms with E-state index in [2.05, 4.69) is 0 Å². The highest BCUT2D eigenvalue weighted by atomic mass is 32.2. The van der Waals surface area contributed by atoms with E-state index in [0.29, 0.717) is 10.7 Å². The molecule has 3 aromatic rings. The summed E-state index contributed by atoms with van der Waals surface area (Å²) in [5.41, 5.74) is 3.56. The van der Waals surface area contributed by atoms with E-state index in [1.54, 1.807) is 36.4 Å². The van der Waals surface area contributed by atoms with Gasteiger partial charge < -0.3 is 4.74 Å². The van der Waals surface area contributed by atoms with Gasteiger partial charge in [-0.1, -0.05) is 42.0 Å². The Kier molecular flexibility index (Phi) is 6.55. The highest BCUT2D eigenvalue weighted by Gasteiger charge is 2.34. The number of aryl methyl sites for hydroxylation is 1. The predicted octanol–water partition coefficient (Wildman–Crippen LogP) is 5.72. The van der Waals surface area contributed by atoms with Crippen molar-refractivity contribution in [3.63, 3.8) is 0 Å². The topological polar surface area (TPSA) is 89.8 Å². The standard InChI is InChI=1S/C25H20N2O5S/c1-17-5-7-18(8-6-17)15-26-24(28)23(33-25(26)29)14-20-3-2-4-22(13-20)32-16-19-9-11-21(12-10-19)27(30)31/h2-14H,15-16H2,1H3/b23-14-. The van der Waals surface area contributed by atoms with Gasteiger partial charge in [-0.25, -0.2) is 0 Å². The predicted molar refractivity (Wildman–Crippen MR) is 127 cm³/mol. The lowest BCUT2D eigenvalue weighted by molar-refractivity contribution is -0.384. The number of thioether (sulfide) groups is 1. The van der Waals surface area contributed by atoms with Crippen LogP contribution in [0.2, 0.25) is 0 Å². The van der Waals surface area contributed by atoms with Gasteiger partial charge in [0, 0.05) is 12.1 Å². The molecule has 0 atom stereocenters. The average molecular weight is 461 g/mol. The van der Waals surface area contributed by atoms with Crippen LogP contribution in [0, 0.1) is 17.0 Å². The van der Waals surface area contributed by atoms with Gasteiger partial charge >= 0.3 is 0 Å². The number of hydrogen-bond acceptors (Lipinski definition) is 6. The maximum Gasteiger partial charge on any atom is 0.293 e. The van der Waals surface area contributed by atoms with Crippen LogP contribution in [-0.4, -0.2) is 21.0 Å². The molecule has 0 aliphatic carbocycles. The number of amides is 2. The number of rotatable bonds is 7. The van der Waals surface area contributed by atoms with Gasteiger partial charge in [-0.05, 0) is 65.7 Å². The first-order valence-electron chi connectivity index (χ1n) is 10.2. The Morgan fingerprint density at radius 2 is 1.70 bits per heavy atom. The van der Waals surface area contributed by atoms with Crippen molar-refractivity contribution < 1.29 is 19.2 Å². The third-order valence-corrected chi connectivity index (χ3v) is 5.95. The summed E-state index contributed by atoms with van der Waals surface area (Å²) < 4.78 is 5.79. The number of hydrogen-bond donors (Lipinski definition) is 0. The normalized spacial score (nSPS) is 14.7. The average Bonchev–Trinajstić information content (AvgIpc) is 3.07. The van der Waals surface area contributed by atoms with Crippen LogP contribution in [0.15, 0.2) is 77.7 Å². The van der Waals surface area contributed by atoms with Crippen molar-refractivity contribution in [1.29, 1.82) is 0 Å². The van der Waals surface area contributed by atoms with Crippen molar-refractivity contribution in [2.45, 2.75) is 20.1 Å². The van der Waals surface area contributed by atoms with E-state index in [-0.39, 0.29) is 30.0 Å². The lowest BCUT2D eigenvalue weighted by Crippen LogP contribution is -2.27. The number of carbonyl (C=O) groups excluding carboxylic acids is 2. The Morgan fingerprint density at radius 3 is 2.39 bits per heavy atom. The fraction of sp³-hybridized carbons (Fsp3) is 0.120. The van der Waals surface area contributed by atoms with E-state index in [0.717, 1.165) is 34.0 Å². The number of non-ortho nitro benzene ring substituents is 1. The summed E-state index contributed by atoms with van der Waals surface area (Å²) in [6.45, 7) is 2.46. The summed E-state index contributed by atoms with van der Waals surface area (Å²) in [6, 6.07) is 21.1. The van der Waals surface area contributed by atoms with E-state index in [4.69, 9.17) is 4.74 Å². The fourth-order valence-electron chi connectivity index (χ4n) is 3.24. The number of imide groups is 1. The van der Waals surface area contributed by atoms with E-state index in [9.17, 15) is 19.7 Å². The van der Waals surface area contributed by atoms with E-state index in [1.807, 2.05) is 37.3 Å². The number of nitro groups is 1. The first kappa shape index (κ1) is 22.3. The molecule has 0 aromatic heterocycles. The highest BCUT2D eigenvalue weighted by molar-refractivity contribution is 8.18. The molecule has 166 valence electrons. The largest absolute Gasteiger partial charge is 0.489 e. The quantitative estimate of drug-likeness (QED) is 0.255. The number of ether oxygens (including phenoxy) is 1. The molecule has 3 aromatic carbocycles. The van der Waals surface area contributed by atoms with Crippen molar-refractivity contribution in [1.82, 2.24) is 4.90 Å². The summed E-state index contributed by atoms with van der Waals surface area (Å²) in [7, 11) is 0. The zero-order chi connectivity index (χ0) is 23.4. The van der Waals surface area contributed by atoms with Crippen molar-refractivity contribution in [3.8, 4) is 5.75 Å². The zero-order valence-corrected chi connectivity index (χ0v) is 18.6. The molecule has 0 unspecified atom stereocenters. The summed E-state index contributed by atoms with van der Waals surface area (Å²) in [6.07, 6.45) is 1.68. The van der Waals surface area contributed by atoms with Crippen molar-refractivity contribution in [3.05, 3.63) is 110 Å². The van der Waals surface area contributed by atoms with E-state index < -0.39 is 4.92 Å². The van der Waals surface area contributed by atoms with Crippen LogP contribution in [-0.2, 0) is 17.9 Å². The molecule has 0 N–H and O–H groups in total. The second kappa shape index (κ2) is 9.70. The number of carbonyl (C=O) groups is 2. The maximum atomic E-state index is 12.8. The van der Waals surface area contributed by atoms with Gasteiger partial charge in [-0.15, -0.1) is 0 Å². The van der Waals surface area contributed by atoms with E-state index in [1.165, 1.54) is 17.0 Å². The number of nitrogens with zero attached hydrogens (tertiary/aromatic N) is 2. The molecule has 0 bridgehead atoms. The molecule has 1 saturated heterocycles. The minimum Gasteiger partial charge on any atom is -0.489 e. The molecular formula is C25H20N2O5S. The lowest BCUT2D eigenvalue weighted by Gasteiger charge is -2.12. The summed E-state index contributed by atoms with van der Waals surface area (Å²) in [4.78, 5) is 37.1. The molecule has 0 saturated carbocycles. The monoisotopic (exact) mass is 460 g/mol. The second-order valence-corrected chi connectivity index (χ2v) is 8.53. The molecule has 33 heavy (non-hydrogen) atoms. The van der Waals surface area contributed by atoms with Gasteiger partial charge in [0.15, 0.2) is 0 Å². The summed E-state index contributed by atoms with van der Waals surface area (Å²) in [5, 5.41) is 10.5. The molecule has 7 nitrogen and oxygen atoms in total. The Bertz CT molecular complexity index is 1240. The molecular weight excluding hydrogens is 440 g/mol. The van der Waals surface area contributed by atoms with Crippen LogP contribution in [0.25, 0.3) is 6.08 Å². The minimum atomic E-state index is -0.448. The Morgan fingerprint density at radius 1 is 1.00 bits per heavy atom. The third kappa shape index (κ3) is 5.48. The van der Waals surface area contributed by atoms with Crippen LogP contribution >= 0.6 is 11.8 Å². The summed E-state index contributed by atoms with van der Waals surface area (Å²) in [5.74, 6) is 0.267. The van der Waals surface area contributed by atoms with Crippen molar-refractivity contribution >= 4 is 34.7 Å². The first-order valence-corrected chi connectivity index (χ1v) is 11.0. The minimum absolute atomic E-state index is 0.0251.